The Hall–Kier alpha value is -2.51. The number of benzene rings is 1. The number of carbonyl (C=O) groups excluding carboxylic acids is 2. The smallest absolute Gasteiger partial charge is 0.263 e. The molecule has 3 heterocycles. The summed E-state index contributed by atoms with van der Waals surface area (Å²) in [5.41, 5.74) is 1.60. The molecule has 28 heavy (non-hydrogen) atoms. The Morgan fingerprint density at radius 2 is 1.96 bits per heavy atom. The lowest BCUT2D eigenvalue weighted by molar-refractivity contribution is 0.0724. The Balaban J connectivity index is 1.38. The van der Waals surface area contributed by atoms with E-state index in [2.05, 4.69) is 10.3 Å². The van der Waals surface area contributed by atoms with Crippen molar-refractivity contribution in [2.75, 3.05) is 13.1 Å². The van der Waals surface area contributed by atoms with Gasteiger partial charge >= 0.3 is 0 Å². The van der Waals surface area contributed by atoms with E-state index in [0.29, 0.717) is 17.0 Å². The summed E-state index contributed by atoms with van der Waals surface area (Å²) in [5.74, 6) is -0.0658. The highest BCUT2D eigenvalue weighted by molar-refractivity contribution is 7.21. The van der Waals surface area contributed by atoms with Crippen molar-refractivity contribution in [1.82, 2.24) is 15.2 Å². The standard InChI is InChI=1S/C21H21N3O2S2/c25-19(18-14-23-20(28-18)17-8-5-11-27-17)22-13-15-6-4-7-16(12-15)21(26)24-9-2-1-3-10-24/h4-8,11-12,14H,1-3,9-10,13H2,(H,22,25). The van der Waals surface area contributed by atoms with Crippen molar-refractivity contribution in [1.29, 1.82) is 0 Å². The summed E-state index contributed by atoms with van der Waals surface area (Å²) < 4.78 is 0. The van der Waals surface area contributed by atoms with E-state index in [0.717, 1.165) is 41.4 Å². The zero-order chi connectivity index (χ0) is 19.3. The molecule has 7 heteroatoms. The van der Waals surface area contributed by atoms with Crippen LogP contribution in [0.4, 0.5) is 0 Å². The van der Waals surface area contributed by atoms with E-state index in [-0.39, 0.29) is 11.8 Å². The number of aromatic nitrogens is 1. The minimum atomic E-state index is -0.145. The fourth-order valence-corrected chi connectivity index (χ4v) is 4.89. The van der Waals surface area contributed by atoms with Crippen LogP contribution in [-0.2, 0) is 6.54 Å². The Kier molecular flexibility index (Phi) is 5.83. The molecule has 2 aromatic heterocycles. The van der Waals surface area contributed by atoms with Gasteiger partial charge in [0, 0.05) is 25.2 Å². The van der Waals surface area contributed by atoms with Gasteiger partial charge in [0.2, 0.25) is 0 Å². The van der Waals surface area contributed by atoms with Crippen LogP contribution in [-0.4, -0.2) is 34.8 Å². The molecule has 1 fully saturated rings. The molecule has 0 unspecified atom stereocenters. The van der Waals surface area contributed by atoms with Crippen molar-refractivity contribution in [2.24, 2.45) is 0 Å². The Morgan fingerprint density at radius 3 is 2.75 bits per heavy atom. The molecule has 0 spiro atoms. The summed E-state index contributed by atoms with van der Waals surface area (Å²) >= 11 is 2.99. The van der Waals surface area contributed by atoms with E-state index in [1.54, 1.807) is 17.5 Å². The number of amides is 2. The monoisotopic (exact) mass is 411 g/mol. The molecule has 4 rings (SSSR count). The van der Waals surface area contributed by atoms with Crippen molar-refractivity contribution in [3.8, 4) is 9.88 Å². The van der Waals surface area contributed by atoms with Crippen LogP contribution < -0.4 is 5.32 Å². The van der Waals surface area contributed by atoms with Gasteiger partial charge < -0.3 is 10.2 Å². The lowest BCUT2D eigenvalue weighted by Gasteiger charge is -2.26. The Morgan fingerprint density at radius 1 is 1.11 bits per heavy atom. The lowest BCUT2D eigenvalue weighted by Crippen LogP contribution is -2.35. The lowest BCUT2D eigenvalue weighted by atomic mass is 10.1. The fraction of sp³-hybridized carbons (Fsp3) is 0.286. The molecule has 0 atom stereocenters. The van der Waals surface area contributed by atoms with Crippen LogP contribution in [0.2, 0.25) is 0 Å². The summed E-state index contributed by atoms with van der Waals surface area (Å²) in [6, 6.07) is 11.5. The van der Waals surface area contributed by atoms with Crippen molar-refractivity contribution in [2.45, 2.75) is 25.8 Å². The van der Waals surface area contributed by atoms with E-state index < -0.39 is 0 Å². The van der Waals surface area contributed by atoms with Gasteiger partial charge in [-0.3, -0.25) is 9.59 Å². The molecule has 0 bridgehead atoms. The highest BCUT2D eigenvalue weighted by atomic mass is 32.1. The van der Waals surface area contributed by atoms with Crippen LogP contribution in [0.25, 0.3) is 9.88 Å². The van der Waals surface area contributed by atoms with Crippen LogP contribution in [0, 0.1) is 0 Å². The van der Waals surface area contributed by atoms with E-state index in [1.807, 2.05) is 46.7 Å². The van der Waals surface area contributed by atoms with E-state index in [9.17, 15) is 9.59 Å². The average Bonchev–Trinajstić information content (AvgIpc) is 3.44. The number of carbonyl (C=O) groups is 2. The average molecular weight is 412 g/mol. The van der Waals surface area contributed by atoms with Gasteiger partial charge in [-0.15, -0.1) is 22.7 Å². The molecule has 1 aliphatic rings. The second-order valence-electron chi connectivity index (χ2n) is 6.74. The van der Waals surface area contributed by atoms with Crippen molar-refractivity contribution >= 4 is 34.5 Å². The first-order valence-electron chi connectivity index (χ1n) is 9.37. The van der Waals surface area contributed by atoms with Gasteiger partial charge in [-0.1, -0.05) is 18.2 Å². The van der Waals surface area contributed by atoms with E-state index in [1.165, 1.54) is 17.8 Å². The molecule has 5 nitrogen and oxygen atoms in total. The second-order valence-corrected chi connectivity index (χ2v) is 8.72. The number of thiophene rings is 1. The Labute approximate surface area is 172 Å². The second kappa shape index (κ2) is 8.67. The van der Waals surface area contributed by atoms with E-state index in [4.69, 9.17) is 0 Å². The molecule has 0 radical (unpaired) electrons. The third kappa shape index (κ3) is 4.31. The molecule has 0 aliphatic carbocycles. The van der Waals surface area contributed by atoms with Crippen LogP contribution in [0.15, 0.2) is 48.0 Å². The molecule has 144 valence electrons. The third-order valence-corrected chi connectivity index (χ3v) is 6.77. The summed E-state index contributed by atoms with van der Waals surface area (Å²) in [6.07, 6.45) is 4.96. The maximum Gasteiger partial charge on any atom is 0.263 e. The van der Waals surface area contributed by atoms with Crippen LogP contribution >= 0.6 is 22.7 Å². The van der Waals surface area contributed by atoms with Crippen LogP contribution in [0.1, 0.15) is 44.9 Å². The first-order valence-corrected chi connectivity index (χ1v) is 11.1. The maximum absolute atomic E-state index is 12.7. The number of nitrogens with one attached hydrogen (secondary N) is 1. The number of hydrogen-bond acceptors (Lipinski definition) is 5. The summed E-state index contributed by atoms with van der Waals surface area (Å²) in [7, 11) is 0. The number of hydrogen-bond donors (Lipinski definition) is 1. The quantitative estimate of drug-likeness (QED) is 0.676. The molecule has 1 saturated heterocycles. The molecule has 1 aromatic carbocycles. The maximum atomic E-state index is 12.7. The van der Waals surface area contributed by atoms with Gasteiger partial charge in [0.25, 0.3) is 11.8 Å². The summed E-state index contributed by atoms with van der Waals surface area (Å²) in [5, 5.41) is 5.78. The number of likely N-dealkylation sites (tertiary alicyclic amines) is 1. The van der Waals surface area contributed by atoms with Gasteiger partial charge in [0.15, 0.2) is 0 Å². The third-order valence-electron chi connectivity index (χ3n) is 4.73. The predicted molar refractivity (Wildman–Crippen MR) is 113 cm³/mol. The largest absolute Gasteiger partial charge is 0.347 e. The zero-order valence-corrected chi connectivity index (χ0v) is 17.0. The Bertz CT molecular complexity index is 960. The molecule has 1 N–H and O–H groups in total. The molecular formula is C21H21N3O2S2. The van der Waals surface area contributed by atoms with Gasteiger partial charge in [0.05, 0.1) is 11.1 Å². The van der Waals surface area contributed by atoms with E-state index >= 15 is 0 Å². The first kappa shape index (κ1) is 18.8. The van der Waals surface area contributed by atoms with Crippen molar-refractivity contribution in [3.05, 3.63) is 64.0 Å². The van der Waals surface area contributed by atoms with Gasteiger partial charge in [-0.2, -0.15) is 0 Å². The van der Waals surface area contributed by atoms with Crippen LogP contribution in [0.5, 0.6) is 0 Å². The van der Waals surface area contributed by atoms with Crippen molar-refractivity contribution in [3.63, 3.8) is 0 Å². The number of piperidine rings is 1. The van der Waals surface area contributed by atoms with Gasteiger partial charge in [0.1, 0.15) is 9.88 Å². The molecule has 2 amide bonds. The van der Waals surface area contributed by atoms with Gasteiger partial charge in [-0.05, 0) is 48.4 Å². The predicted octanol–water partition coefficient (Wildman–Crippen LogP) is 4.43. The first-order chi connectivity index (χ1) is 13.7. The normalized spacial score (nSPS) is 14.1. The minimum Gasteiger partial charge on any atom is -0.347 e. The molecule has 3 aromatic rings. The molecule has 0 saturated carbocycles. The van der Waals surface area contributed by atoms with Crippen molar-refractivity contribution < 1.29 is 9.59 Å². The summed E-state index contributed by atoms with van der Waals surface area (Å²) in [6.45, 7) is 2.04. The minimum absolute atomic E-state index is 0.0796. The zero-order valence-electron chi connectivity index (χ0n) is 15.4. The number of rotatable bonds is 5. The van der Waals surface area contributed by atoms with Crippen LogP contribution in [0.3, 0.4) is 0 Å². The SMILES string of the molecule is O=C(NCc1cccc(C(=O)N2CCCCC2)c1)c1cnc(-c2cccs2)s1. The van der Waals surface area contributed by atoms with Gasteiger partial charge in [-0.25, -0.2) is 4.98 Å². The highest BCUT2D eigenvalue weighted by Gasteiger charge is 2.18. The number of nitrogens with zero attached hydrogens (tertiary/aromatic N) is 2. The topological polar surface area (TPSA) is 62.3 Å². The molecular weight excluding hydrogens is 390 g/mol. The highest BCUT2D eigenvalue weighted by Crippen LogP contribution is 2.28. The molecule has 1 aliphatic heterocycles. The summed E-state index contributed by atoms with van der Waals surface area (Å²) in [4.78, 5) is 33.0. The number of thiazole rings is 1. The fourth-order valence-electron chi connectivity index (χ4n) is 3.26.